The molecule has 2 nitrogen and oxygen atoms in total. The van der Waals surface area contributed by atoms with Crippen LogP contribution in [-0.4, -0.2) is 48.1 Å². The molecule has 0 bridgehead atoms. The van der Waals surface area contributed by atoms with Crippen molar-refractivity contribution >= 4 is 0 Å². The molecule has 0 radical (unpaired) electrons. The highest BCUT2D eigenvalue weighted by molar-refractivity contribution is 4.88. The predicted octanol–water partition coefficient (Wildman–Crippen LogP) is 4.75. The van der Waals surface area contributed by atoms with E-state index >= 15 is 0 Å². The summed E-state index contributed by atoms with van der Waals surface area (Å²) in [5.74, 6) is 4.51. The second-order valence-corrected chi connectivity index (χ2v) is 9.40. The lowest BCUT2D eigenvalue weighted by Crippen LogP contribution is -2.46. The Hall–Kier alpha value is -0.0800. The number of nitrogens with zero attached hydrogens (tertiary/aromatic N) is 2. The fourth-order valence-corrected chi connectivity index (χ4v) is 5.09. The summed E-state index contributed by atoms with van der Waals surface area (Å²) >= 11 is 0. The van der Waals surface area contributed by atoms with Gasteiger partial charge in [0.25, 0.3) is 0 Å². The van der Waals surface area contributed by atoms with Crippen LogP contribution in [0.2, 0.25) is 0 Å². The highest BCUT2D eigenvalue weighted by Crippen LogP contribution is 2.38. The molecule has 2 saturated heterocycles. The number of hydrogen-bond acceptors (Lipinski definition) is 2. The molecule has 23 heavy (non-hydrogen) atoms. The first-order valence-electron chi connectivity index (χ1n) is 10.3. The molecule has 2 heteroatoms. The number of piperidine rings is 1. The van der Waals surface area contributed by atoms with Crippen molar-refractivity contribution in [2.75, 3.05) is 26.2 Å². The lowest BCUT2D eigenvalue weighted by atomic mass is 9.72. The molecule has 0 N–H and O–H groups in total. The molecule has 0 spiro atoms. The Morgan fingerprint density at radius 1 is 0.783 bits per heavy atom. The van der Waals surface area contributed by atoms with Gasteiger partial charge in [-0.25, -0.2) is 0 Å². The second kappa shape index (κ2) is 8.34. The fourth-order valence-electron chi connectivity index (χ4n) is 5.09. The maximum atomic E-state index is 2.73. The van der Waals surface area contributed by atoms with E-state index in [4.69, 9.17) is 0 Å². The first-order valence-corrected chi connectivity index (χ1v) is 10.3. The molecule has 0 aromatic carbocycles. The lowest BCUT2D eigenvalue weighted by Gasteiger charge is -2.43. The summed E-state index contributed by atoms with van der Waals surface area (Å²) < 4.78 is 0. The van der Waals surface area contributed by atoms with E-state index in [9.17, 15) is 0 Å². The Morgan fingerprint density at radius 2 is 1.35 bits per heavy atom. The van der Waals surface area contributed by atoms with E-state index < -0.39 is 0 Å². The molecular weight excluding hydrogens is 280 g/mol. The van der Waals surface area contributed by atoms with Gasteiger partial charge >= 0.3 is 0 Å². The van der Waals surface area contributed by atoms with Gasteiger partial charge in [0.15, 0.2) is 0 Å². The Labute approximate surface area is 146 Å². The minimum absolute atomic E-state index is 0.712. The van der Waals surface area contributed by atoms with Gasteiger partial charge in [0.1, 0.15) is 0 Å². The first kappa shape index (κ1) is 19.2. The van der Waals surface area contributed by atoms with E-state index in [0.29, 0.717) is 6.04 Å². The molecule has 4 atom stereocenters. The largest absolute Gasteiger partial charge is 0.301 e. The Morgan fingerprint density at radius 3 is 1.87 bits per heavy atom. The molecule has 0 amide bonds. The van der Waals surface area contributed by atoms with Gasteiger partial charge < -0.3 is 9.80 Å². The van der Waals surface area contributed by atoms with Crippen molar-refractivity contribution in [3.05, 3.63) is 0 Å². The van der Waals surface area contributed by atoms with Gasteiger partial charge in [0.05, 0.1) is 0 Å². The third kappa shape index (κ3) is 4.95. The first-order chi connectivity index (χ1) is 10.8. The van der Waals surface area contributed by atoms with Crippen molar-refractivity contribution in [1.82, 2.24) is 9.80 Å². The monoisotopic (exact) mass is 322 g/mol. The molecule has 2 aliphatic rings. The molecular formula is C21H42N2. The van der Waals surface area contributed by atoms with Crippen LogP contribution in [0.4, 0.5) is 0 Å². The van der Waals surface area contributed by atoms with Gasteiger partial charge in [-0.2, -0.15) is 0 Å². The van der Waals surface area contributed by atoms with Gasteiger partial charge in [0.2, 0.25) is 0 Å². The van der Waals surface area contributed by atoms with E-state index in [2.05, 4.69) is 58.3 Å². The Balaban J connectivity index is 1.94. The molecule has 4 unspecified atom stereocenters. The zero-order chi connectivity index (χ0) is 17.1. The maximum absolute atomic E-state index is 2.73. The van der Waals surface area contributed by atoms with Crippen LogP contribution in [0.15, 0.2) is 0 Å². The average molecular weight is 323 g/mol. The summed E-state index contributed by atoms with van der Waals surface area (Å²) in [5.41, 5.74) is 0. The quantitative estimate of drug-likeness (QED) is 0.696. The second-order valence-electron chi connectivity index (χ2n) is 9.40. The maximum Gasteiger partial charge on any atom is 0.00387 e. The molecule has 0 aromatic rings. The molecule has 0 aromatic heterocycles. The molecule has 2 heterocycles. The molecule has 2 aliphatic heterocycles. The SMILES string of the molecule is CC(C)C1CCN(C(C)C)CC1CC(C)C1CCN(C(C)C)C1. The van der Waals surface area contributed by atoms with Crippen LogP contribution < -0.4 is 0 Å². The number of likely N-dealkylation sites (tertiary alicyclic amines) is 2. The topological polar surface area (TPSA) is 6.48 Å². The standard InChI is InChI=1S/C21H42N2/c1-15(2)21-9-11-23(17(5)6)14-20(21)12-18(7)19-8-10-22(13-19)16(3)4/h15-21H,8-14H2,1-7H3. The van der Waals surface area contributed by atoms with Crippen LogP contribution >= 0.6 is 0 Å². The zero-order valence-electron chi connectivity index (χ0n) is 16.9. The summed E-state index contributed by atoms with van der Waals surface area (Å²) in [6, 6.07) is 1.44. The van der Waals surface area contributed by atoms with E-state index in [0.717, 1.165) is 35.6 Å². The van der Waals surface area contributed by atoms with E-state index in [-0.39, 0.29) is 0 Å². The van der Waals surface area contributed by atoms with Crippen LogP contribution in [0.5, 0.6) is 0 Å². The minimum Gasteiger partial charge on any atom is -0.301 e. The third-order valence-electron chi connectivity index (χ3n) is 6.88. The summed E-state index contributed by atoms with van der Waals surface area (Å²) in [5, 5.41) is 0. The van der Waals surface area contributed by atoms with Gasteiger partial charge in [0, 0.05) is 25.2 Å². The van der Waals surface area contributed by atoms with Crippen LogP contribution in [0, 0.1) is 29.6 Å². The van der Waals surface area contributed by atoms with Crippen molar-refractivity contribution in [3.63, 3.8) is 0 Å². The predicted molar refractivity (Wildman–Crippen MR) is 102 cm³/mol. The molecule has 136 valence electrons. The molecule has 0 saturated carbocycles. The van der Waals surface area contributed by atoms with Crippen molar-refractivity contribution < 1.29 is 0 Å². The zero-order valence-corrected chi connectivity index (χ0v) is 16.9. The summed E-state index contributed by atoms with van der Waals surface area (Å²) in [6.07, 6.45) is 4.28. The van der Waals surface area contributed by atoms with Crippen LogP contribution in [0.25, 0.3) is 0 Å². The van der Waals surface area contributed by atoms with E-state index in [1.54, 1.807) is 0 Å². The smallest absolute Gasteiger partial charge is 0.00387 e. The van der Waals surface area contributed by atoms with Gasteiger partial charge in [-0.15, -0.1) is 0 Å². The summed E-state index contributed by atoms with van der Waals surface area (Å²) in [6.45, 7) is 22.2. The van der Waals surface area contributed by atoms with Crippen molar-refractivity contribution in [3.8, 4) is 0 Å². The van der Waals surface area contributed by atoms with Crippen molar-refractivity contribution in [2.45, 2.75) is 79.8 Å². The summed E-state index contributed by atoms with van der Waals surface area (Å²) in [7, 11) is 0. The lowest BCUT2D eigenvalue weighted by molar-refractivity contribution is 0.0527. The van der Waals surface area contributed by atoms with E-state index in [1.165, 1.54) is 45.4 Å². The minimum atomic E-state index is 0.712. The van der Waals surface area contributed by atoms with E-state index in [1.807, 2.05) is 0 Å². The highest BCUT2D eigenvalue weighted by atomic mass is 15.2. The number of hydrogen-bond donors (Lipinski definition) is 0. The average Bonchev–Trinajstić information content (AvgIpc) is 2.96. The van der Waals surface area contributed by atoms with Crippen LogP contribution in [0.1, 0.15) is 67.7 Å². The number of rotatable bonds is 6. The van der Waals surface area contributed by atoms with Crippen molar-refractivity contribution in [2.24, 2.45) is 29.6 Å². The highest BCUT2D eigenvalue weighted by Gasteiger charge is 2.35. The van der Waals surface area contributed by atoms with Gasteiger partial charge in [-0.1, -0.05) is 20.8 Å². The molecule has 2 rings (SSSR count). The fraction of sp³-hybridized carbons (Fsp3) is 1.00. The Kier molecular flexibility index (Phi) is 6.98. The van der Waals surface area contributed by atoms with Crippen molar-refractivity contribution in [1.29, 1.82) is 0 Å². The molecule has 2 fully saturated rings. The summed E-state index contributed by atoms with van der Waals surface area (Å²) in [4.78, 5) is 5.41. The third-order valence-corrected chi connectivity index (χ3v) is 6.88. The van der Waals surface area contributed by atoms with Crippen LogP contribution in [-0.2, 0) is 0 Å². The van der Waals surface area contributed by atoms with Gasteiger partial charge in [-0.05, 0) is 89.6 Å². The van der Waals surface area contributed by atoms with Gasteiger partial charge in [-0.3, -0.25) is 0 Å². The normalized spacial score (nSPS) is 32.3. The van der Waals surface area contributed by atoms with Crippen LogP contribution in [0.3, 0.4) is 0 Å². The Bertz CT molecular complexity index is 350. The molecule has 0 aliphatic carbocycles.